The van der Waals surface area contributed by atoms with Gasteiger partial charge in [0.15, 0.2) is 5.71 Å². The molecule has 0 aliphatic carbocycles. The van der Waals surface area contributed by atoms with Crippen molar-refractivity contribution in [1.82, 2.24) is 0 Å². The Morgan fingerprint density at radius 3 is 2.19 bits per heavy atom. The number of rotatable bonds is 3. The Balaban J connectivity index is 2.09. The van der Waals surface area contributed by atoms with Gasteiger partial charge in [-0.05, 0) is 22.9 Å². The number of fused-ring (bicyclic) bond motifs is 1. The quantitative estimate of drug-likeness (QED) is 0.733. The Morgan fingerprint density at radius 2 is 1.48 bits per heavy atom. The molecule has 0 fully saturated rings. The van der Waals surface area contributed by atoms with Crippen LogP contribution in [0.4, 0.5) is 5.69 Å². The van der Waals surface area contributed by atoms with E-state index in [4.69, 9.17) is 0 Å². The second-order valence-electron chi connectivity index (χ2n) is 4.66. The van der Waals surface area contributed by atoms with Crippen molar-refractivity contribution in [1.29, 1.82) is 0 Å². The van der Waals surface area contributed by atoms with Gasteiger partial charge in [0.05, 0.1) is 5.69 Å². The van der Waals surface area contributed by atoms with Crippen LogP contribution >= 0.6 is 0 Å². The summed E-state index contributed by atoms with van der Waals surface area (Å²) < 4.78 is 0. The van der Waals surface area contributed by atoms with Gasteiger partial charge in [-0.2, -0.15) is 0 Å². The topological polar surface area (TPSA) is 49.7 Å². The van der Waals surface area contributed by atoms with Gasteiger partial charge in [0.2, 0.25) is 0 Å². The predicted molar refractivity (Wildman–Crippen MR) is 84.2 cm³/mol. The molecule has 0 saturated carbocycles. The number of hydrogen-bond donors (Lipinski definition) is 1. The summed E-state index contributed by atoms with van der Waals surface area (Å²) >= 11 is 0. The molecule has 3 heteroatoms. The third kappa shape index (κ3) is 2.82. The van der Waals surface area contributed by atoms with Crippen molar-refractivity contribution in [3.8, 4) is 0 Å². The van der Waals surface area contributed by atoms with E-state index in [-0.39, 0.29) is 5.71 Å². The molecule has 3 nitrogen and oxygen atoms in total. The molecule has 0 saturated heterocycles. The first-order chi connectivity index (χ1) is 10.2. The van der Waals surface area contributed by atoms with Crippen LogP contribution in [0.25, 0.3) is 10.8 Å². The maximum atomic E-state index is 11.4. The summed E-state index contributed by atoms with van der Waals surface area (Å²) in [7, 11) is 0. The molecule has 0 amide bonds. The third-order valence-corrected chi connectivity index (χ3v) is 3.22. The number of carboxylic acid groups (broad SMARTS) is 1. The Morgan fingerprint density at radius 1 is 0.810 bits per heavy atom. The number of carboxylic acids is 1. The minimum absolute atomic E-state index is 0.0471. The number of benzene rings is 3. The van der Waals surface area contributed by atoms with Crippen LogP contribution in [0, 0.1) is 0 Å². The molecular weight excluding hydrogens is 262 g/mol. The molecule has 3 aromatic rings. The predicted octanol–water partition coefficient (Wildman–Crippen LogP) is 4.05. The zero-order valence-electron chi connectivity index (χ0n) is 11.2. The molecule has 0 unspecified atom stereocenters. The van der Waals surface area contributed by atoms with Gasteiger partial charge in [0.1, 0.15) is 0 Å². The molecule has 3 aromatic carbocycles. The molecular formula is C18H13NO2. The van der Waals surface area contributed by atoms with Crippen molar-refractivity contribution in [2.75, 3.05) is 0 Å². The molecule has 0 aliphatic rings. The number of nitrogens with zero attached hydrogens (tertiary/aromatic N) is 1. The van der Waals surface area contributed by atoms with E-state index < -0.39 is 5.97 Å². The summed E-state index contributed by atoms with van der Waals surface area (Å²) in [5.41, 5.74) is 1.28. The first-order valence-electron chi connectivity index (χ1n) is 6.60. The van der Waals surface area contributed by atoms with Crippen molar-refractivity contribution in [2.24, 2.45) is 4.99 Å². The Labute approximate surface area is 122 Å². The van der Waals surface area contributed by atoms with E-state index in [0.717, 1.165) is 10.8 Å². The van der Waals surface area contributed by atoms with E-state index in [0.29, 0.717) is 11.3 Å². The highest BCUT2D eigenvalue weighted by molar-refractivity contribution is 6.43. The highest BCUT2D eigenvalue weighted by atomic mass is 16.4. The van der Waals surface area contributed by atoms with Gasteiger partial charge in [0, 0.05) is 5.56 Å². The summed E-state index contributed by atoms with van der Waals surface area (Å²) in [6.07, 6.45) is 0. The smallest absolute Gasteiger partial charge is 0.355 e. The first-order valence-corrected chi connectivity index (χ1v) is 6.60. The van der Waals surface area contributed by atoms with E-state index >= 15 is 0 Å². The Bertz CT molecular complexity index is 823. The van der Waals surface area contributed by atoms with Gasteiger partial charge in [0.25, 0.3) is 0 Å². The van der Waals surface area contributed by atoms with Crippen LogP contribution in [-0.4, -0.2) is 16.8 Å². The Kier molecular flexibility index (Phi) is 3.48. The standard InChI is InChI=1S/C18H13NO2/c20-18(21)17(14-7-2-1-3-8-14)19-16-11-10-13-6-4-5-9-15(13)12-16/h1-12H,(H,20,21). The van der Waals surface area contributed by atoms with Crippen LogP contribution in [0.3, 0.4) is 0 Å². The lowest BCUT2D eigenvalue weighted by Gasteiger charge is -2.03. The molecule has 0 heterocycles. The average molecular weight is 275 g/mol. The maximum Gasteiger partial charge on any atom is 0.355 e. The van der Waals surface area contributed by atoms with Gasteiger partial charge >= 0.3 is 5.97 Å². The zero-order valence-corrected chi connectivity index (χ0v) is 11.2. The van der Waals surface area contributed by atoms with Gasteiger partial charge in [-0.15, -0.1) is 0 Å². The molecule has 0 aliphatic heterocycles. The van der Waals surface area contributed by atoms with E-state index in [1.54, 1.807) is 24.3 Å². The summed E-state index contributed by atoms with van der Waals surface area (Å²) in [5.74, 6) is -1.03. The third-order valence-electron chi connectivity index (χ3n) is 3.22. The van der Waals surface area contributed by atoms with Crippen molar-refractivity contribution in [2.45, 2.75) is 0 Å². The van der Waals surface area contributed by atoms with Gasteiger partial charge in [-0.3, -0.25) is 0 Å². The Hall–Kier alpha value is -2.94. The number of hydrogen-bond acceptors (Lipinski definition) is 2. The molecule has 0 radical (unpaired) electrons. The molecule has 3 rings (SSSR count). The molecule has 102 valence electrons. The summed E-state index contributed by atoms with van der Waals surface area (Å²) in [6.45, 7) is 0. The number of aliphatic carboxylic acids is 1. The van der Waals surface area contributed by atoms with Crippen LogP contribution in [0.15, 0.2) is 77.8 Å². The van der Waals surface area contributed by atoms with E-state index in [1.807, 2.05) is 48.5 Å². The second-order valence-corrected chi connectivity index (χ2v) is 4.66. The first kappa shape index (κ1) is 13.1. The largest absolute Gasteiger partial charge is 0.476 e. The fraction of sp³-hybridized carbons (Fsp3) is 0. The SMILES string of the molecule is O=C(O)C(=Nc1ccc2ccccc2c1)c1ccccc1. The normalized spacial score (nSPS) is 11.5. The number of aliphatic imine (C=N–C) groups is 1. The van der Waals surface area contributed by atoms with Crippen LogP contribution < -0.4 is 0 Å². The van der Waals surface area contributed by atoms with Crippen LogP contribution in [0.2, 0.25) is 0 Å². The van der Waals surface area contributed by atoms with Crippen molar-refractivity contribution >= 4 is 28.1 Å². The van der Waals surface area contributed by atoms with Gasteiger partial charge < -0.3 is 5.11 Å². The molecule has 1 N–H and O–H groups in total. The van der Waals surface area contributed by atoms with Crippen molar-refractivity contribution < 1.29 is 9.90 Å². The monoisotopic (exact) mass is 275 g/mol. The fourth-order valence-corrected chi connectivity index (χ4v) is 2.21. The lowest BCUT2D eigenvalue weighted by Crippen LogP contribution is -2.13. The van der Waals surface area contributed by atoms with E-state index in [9.17, 15) is 9.90 Å². The minimum atomic E-state index is -1.03. The fourth-order valence-electron chi connectivity index (χ4n) is 2.21. The summed E-state index contributed by atoms with van der Waals surface area (Å²) in [5, 5.41) is 11.5. The summed E-state index contributed by atoms with van der Waals surface area (Å²) in [4.78, 5) is 15.7. The van der Waals surface area contributed by atoms with E-state index in [1.165, 1.54) is 0 Å². The molecule has 21 heavy (non-hydrogen) atoms. The molecule has 0 aromatic heterocycles. The highest BCUT2D eigenvalue weighted by Crippen LogP contribution is 2.22. The summed E-state index contributed by atoms with van der Waals surface area (Å²) in [6, 6.07) is 22.5. The van der Waals surface area contributed by atoms with Crippen LogP contribution in [0.1, 0.15) is 5.56 Å². The molecule has 0 bridgehead atoms. The lowest BCUT2D eigenvalue weighted by atomic mass is 10.1. The number of carbonyl (C=O) groups is 1. The minimum Gasteiger partial charge on any atom is -0.476 e. The van der Waals surface area contributed by atoms with Crippen molar-refractivity contribution in [3.05, 3.63) is 78.4 Å². The van der Waals surface area contributed by atoms with Crippen LogP contribution in [0.5, 0.6) is 0 Å². The van der Waals surface area contributed by atoms with Crippen LogP contribution in [-0.2, 0) is 4.79 Å². The average Bonchev–Trinajstić information content (AvgIpc) is 2.53. The van der Waals surface area contributed by atoms with Gasteiger partial charge in [-0.1, -0.05) is 60.7 Å². The second kappa shape index (κ2) is 5.59. The lowest BCUT2D eigenvalue weighted by molar-refractivity contribution is -0.129. The molecule has 0 atom stereocenters. The van der Waals surface area contributed by atoms with Crippen molar-refractivity contribution in [3.63, 3.8) is 0 Å². The highest BCUT2D eigenvalue weighted by Gasteiger charge is 2.12. The van der Waals surface area contributed by atoms with E-state index in [2.05, 4.69) is 4.99 Å². The maximum absolute atomic E-state index is 11.4. The zero-order chi connectivity index (χ0) is 14.7. The molecule has 0 spiro atoms. The van der Waals surface area contributed by atoms with Gasteiger partial charge in [-0.25, -0.2) is 9.79 Å².